The Morgan fingerprint density at radius 2 is 1.71 bits per heavy atom. The first-order valence-corrected chi connectivity index (χ1v) is 9.38. The number of oxazole rings is 1. The van der Waals surface area contributed by atoms with Gasteiger partial charge in [0.25, 0.3) is 0 Å². The van der Waals surface area contributed by atoms with Crippen LogP contribution in [0.5, 0.6) is 0 Å². The van der Waals surface area contributed by atoms with Gasteiger partial charge in [-0.15, -0.1) is 0 Å². The van der Waals surface area contributed by atoms with Gasteiger partial charge in [0.1, 0.15) is 6.26 Å². The Morgan fingerprint density at radius 3 is 2.43 bits per heavy atom. The molecule has 0 fully saturated rings. The molecule has 1 heterocycles. The SMILES string of the molecule is CCOCc1ccc(CNC(=NC)NCc2coc(-c3ccccc3)n2)cc1. The Morgan fingerprint density at radius 1 is 1.00 bits per heavy atom. The summed E-state index contributed by atoms with van der Waals surface area (Å²) in [6.07, 6.45) is 1.67. The van der Waals surface area contributed by atoms with Crippen LogP contribution in [0.3, 0.4) is 0 Å². The highest BCUT2D eigenvalue weighted by atomic mass is 16.5. The molecular weight excluding hydrogens is 352 g/mol. The van der Waals surface area contributed by atoms with Gasteiger partial charge in [-0.05, 0) is 30.2 Å². The molecule has 0 saturated heterocycles. The molecule has 0 atom stereocenters. The van der Waals surface area contributed by atoms with Crippen LogP contribution < -0.4 is 10.6 Å². The summed E-state index contributed by atoms with van der Waals surface area (Å²) in [5.74, 6) is 1.33. The second kappa shape index (κ2) is 10.3. The van der Waals surface area contributed by atoms with Gasteiger partial charge < -0.3 is 19.8 Å². The highest BCUT2D eigenvalue weighted by Gasteiger charge is 2.07. The molecule has 0 amide bonds. The standard InChI is InChI=1S/C22H26N4O2/c1-3-27-15-18-11-9-17(10-12-18)13-24-22(23-2)25-14-20-16-28-21(26-20)19-7-5-4-6-8-19/h4-12,16H,3,13-15H2,1-2H3,(H2,23,24,25). The maximum Gasteiger partial charge on any atom is 0.226 e. The predicted octanol–water partition coefficient (Wildman–Crippen LogP) is 3.74. The van der Waals surface area contributed by atoms with Gasteiger partial charge in [0.05, 0.1) is 18.8 Å². The van der Waals surface area contributed by atoms with Gasteiger partial charge in [0, 0.05) is 25.8 Å². The Labute approximate surface area is 165 Å². The predicted molar refractivity (Wildman–Crippen MR) is 111 cm³/mol. The summed E-state index contributed by atoms with van der Waals surface area (Å²) < 4.78 is 11.0. The van der Waals surface area contributed by atoms with Gasteiger partial charge in [0.15, 0.2) is 5.96 Å². The molecule has 1 aromatic heterocycles. The van der Waals surface area contributed by atoms with E-state index < -0.39 is 0 Å². The molecule has 0 unspecified atom stereocenters. The molecule has 6 heteroatoms. The van der Waals surface area contributed by atoms with E-state index in [1.54, 1.807) is 13.3 Å². The van der Waals surface area contributed by atoms with Gasteiger partial charge in [-0.1, -0.05) is 42.5 Å². The monoisotopic (exact) mass is 378 g/mol. The molecular formula is C22H26N4O2. The zero-order chi connectivity index (χ0) is 19.6. The summed E-state index contributed by atoms with van der Waals surface area (Å²) in [6, 6.07) is 18.2. The van der Waals surface area contributed by atoms with E-state index in [4.69, 9.17) is 9.15 Å². The number of nitrogens with zero attached hydrogens (tertiary/aromatic N) is 2. The Bertz CT molecular complexity index is 873. The molecule has 2 aromatic carbocycles. The summed E-state index contributed by atoms with van der Waals surface area (Å²) >= 11 is 0. The van der Waals surface area contributed by atoms with E-state index in [-0.39, 0.29) is 0 Å². The minimum atomic E-state index is 0.531. The molecule has 0 aliphatic rings. The molecule has 0 radical (unpaired) electrons. The molecule has 146 valence electrons. The number of hydrogen-bond acceptors (Lipinski definition) is 4. The third kappa shape index (κ3) is 5.69. The fourth-order valence-electron chi connectivity index (χ4n) is 2.66. The fraction of sp³-hybridized carbons (Fsp3) is 0.273. The van der Waals surface area contributed by atoms with Crippen LogP contribution in [0.1, 0.15) is 23.7 Å². The van der Waals surface area contributed by atoms with Gasteiger partial charge in [-0.3, -0.25) is 4.99 Å². The topological polar surface area (TPSA) is 71.7 Å². The molecule has 0 aliphatic heterocycles. The van der Waals surface area contributed by atoms with Crippen molar-refractivity contribution in [1.82, 2.24) is 15.6 Å². The van der Waals surface area contributed by atoms with Crippen LogP contribution in [-0.2, 0) is 24.4 Å². The zero-order valence-corrected chi connectivity index (χ0v) is 16.3. The van der Waals surface area contributed by atoms with Gasteiger partial charge >= 0.3 is 0 Å². The first-order chi connectivity index (χ1) is 13.8. The molecule has 6 nitrogen and oxygen atoms in total. The third-order valence-corrected chi connectivity index (χ3v) is 4.19. The van der Waals surface area contributed by atoms with Crippen LogP contribution in [0.15, 0.2) is 70.3 Å². The summed E-state index contributed by atoms with van der Waals surface area (Å²) in [6.45, 7) is 4.59. The maximum atomic E-state index is 5.56. The first-order valence-electron chi connectivity index (χ1n) is 9.38. The van der Waals surface area contributed by atoms with Gasteiger partial charge in [0.2, 0.25) is 5.89 Å². The number of rotatable bonds is 8. The van der Waals surface area contributed by atoms with Gasteiger partial charge in [-0.25, -0.2) is 4.98 Å². The highest BCUT2D eigenvalue weighted by Crippen LogP contribution is 2.17. The molecule has 0 bridgehead atoms. The minimum absolute atomic E-state index is 0.531. The van der Waals surface area contributed by atoms with Crippen molar-refractivity contribution in [2.45, 2.75) is 26.6 Å². The molecule has 3 rings (SSSR count). The van der Waals surface area contributed by atoms with E-state index >= 15 is 0 Å². The van der Waals surface area contributed by atoms with Gasteiger partial charge in [-0.2, -0.15) is 0 Å². The highest BCUT2D eigenvalue weighted by molar-refractivity contribution is 5.79. The summed E-state index contributed by atoms with van der Waals surface area (Å²) in [7, 11) is 1.75. The van der Waals surface area contributed by atoms with Crippen LogP contribution in [-0.4, -0.2) is 24.6 Å². The van der Waals surface area contributed by atoms with Crippen LogP contribution in [0.25, 0.3) is 11.5 Å². The van der Waals surface area contributed by atoms with Crippen molar-refractivity contribution in [2.24, 2.45) is 4.99 Å². The quantitative estimate of drug-likeness (QED) is 0.461. The second-order valence-electron chi connectivity index (χ2n) is 6.24. The Hall–Kier alpha value is -3.12. The number of aliphatic imine (C=N–C) groups is 1. The summed E-state index contributed by atoms with van der Waals surface area (Å²) in [5.41, 5.74) is 4.13. The normalized spacial score (nSPS) is 11.4. The number of benzene rings is 2. The van der Waals surface area contributed by atoms with E-state index in [1.807, 2.05) is 37.3 Å². The van der Waals surface area contributed by atoms with Crippen LogP contribution in [0.4, 0.5) is 0 Å². The van der Waals surface area contributed by atoms with E-state index in [0.29, 0.717) is 31.5 Å². The van der Waals surface area contributed by atoms with Crippen LogP contribution >= 0.6 is 0 Å². The Balaban J connectivity index is 1.48. The average Bonchev–Trinajstić information content (AvgIpc) is 3.23. The third-order valence-electron chi connectivity index (χ3n) is 4.19. The lowest BCUT2D eigenvalue weighted by Gasteiger charge is -2.11. The summed E-state index contributed by atoms with van der Waals surface area (Å²) in [4.78, 5) is 8.77. The van der Waals surface area contributed by atoms with Crippen LogP contribution in [0, 0.1) is 0 Å². The summed E-state index contributed by atoms with van der Waals surface area (Å²) in [5, 5.41) is 6.56. The number of aromatic nitrogens is 1. The molecule has 0 aliphatic carbocycles. The van der Waals surface area contributed by atoms with Crippen molar-refractivity contribution in [2.75, 3.05) is 13.7 Å². The fourth-order valence-corrected chi connectivity index (χ4v) is 2.66. The van der Waals surface area contributed by atoms with E-state index in [2.05, 4.69) is 44.9 Å². The lowest BCUT2D eigenvalue weighted by atomic mass is 10.1. The number of ether oxygens (including phenoxy) is 1. The molecule has 2 N–H and O–H groups in total. The number of guanidine groups is 1. The van der Waals surface area contributed by atoms with Crippen molar-refractivity contribution in [3.8, 4) is 11.5 Å². The lowest BCUT2D eigenvalue weighted by molar-refractivity contribution is 0.134. The largest absolute Gasteiger partial charge is 0.444 e. The average molecular weight is 378 g/mol. The van der Waals surface area contributed by atoms with E-state index in [1.165, 1.54) is 11.1 Å². The molecule has 3 aromatic rings. The van der Waals surface area contributed by atoms with Crippen LogP contribution in [0.2, 0.25) is 0 Å². The zero-order valence-electron chi connectivity index (χ0n) is 16.3. The smallest absolute Gasteiger partial charge is 0.226 e. The maximum absolute atomic E-state index is 5.56. The second-order valence-corrected chi connectivity index (χ2v) is 6.24. The van der Waals surface area contributed by atoms with Crippen molar-refractivity contribution in [3.63, 3.8) is 0 Å². The van der Waals surface area contributed by atoms with E-state index in [0.717, 1.165) is 17.9 Å². The molecule has 0 spiro atoms. The lowest BCUT2D eigenvalue weighted by Crippen LogP contribution is -2.36. The van der Waals surface area contributed by atoms with Crippen molar-refractivity contribution in [1.29, 1.82) is 0 Å². The van der Waals surface area contributed by atoms with Crippen molar-refractivity contribution in [3.05, 3.63) is 77.7 Å². The molecule has 0 saturated carbocycles. The first kappa shape index (κ1) is 19.6. The molecule has 28 heavy (non-hydrogen) atoms. The van der Waals surface area contributed by atoms with Crippen molar-refractivity contribution < 1.29 is 9.15 Å². The van der Waals surface area contributed by atoms with E-state index in [9.17, 15) is 0 Å². The van der Waals surface area contributed by atoms with Crippen molar-refractivity contribution >= 4 is 5.96 Å². The Kier molecular flexibility index (Phi) is 7.21. The number of nitrogens with one attached hydrogen (secondary N) is 2. The number of hydrogen-bond donors (Lipinski definition) is 2. The minimum Gasteiger partial charge on any atom is -0.444 e.